The first-order valence-electron chi connectivity index (χ1n) is 5.74. The summed E-state index contributed by atoms with van der Waals surface area (Å²) in [6.45, 7) is 5.47. The van der Waals surface area contributed by atoms with Gasteiger partial charge in [0.1, 0.15) is 11.4 Å². The normalized spacial score (nSPS) is 11.6. The van der Waals surface area contributed by atoms with Crippen molar-refractivity contribution in [3.05, 3.63) is 22.9 Å². The Morgan fingerprint density at radius 1 is 1.47 bits per heavy atom. The molecule has 0 fully saturated rings. The molecule has 19 heavy (non-hydrogen) atoms. The lowest BCUT2D eigenvalue weighted by molar-refractivity contribution is 0.0588. The number of fused-ring (bicyclic) bond motifs is 1. The van der Waals surface area contributed by atoms with Gasteiger partial charge in [-0.3, -0.25) is 4.90 Å². The van der Waals surface area contributed by atoms with E-state index in [0.717, 1.165) is 4.47 Å². The molecule has 6 nitrogen and oxygen atoms in total. The molecular weight excluding hydrogens is 312 g/mol. The van der Waals surface area contributed by atoms with Gasteiger partial charge in [-0.15, -0.1) is 0 Å². The second kappa shape index (κ2) is 4.80. The number of halogens is 1. The third kappa shape index (κ3) is 3.04. The number of hydrogen-bond acceptors (Lipinski definition) is 4. The predicted octanol–water partition coefficient (Wildman–Crippen LogP) is 2.86. The number of carbonyl (C=O) groups excluding carboxylic acids is 1. The minimum Gasteiger partial charge on any atom is -0.443 e. The third-order valence-electron chi connectivity index (χ3n) is 2.32. The Kier molecular flexibility index (Phi) is 3.49. The Bertz CT molecular complexity index is 618. The Morgan fingerprint density at radius 2 is 2.16 bits per heavy atom. The van der Waals surface area contributed by atoms with Crippen LogP contribution in [0.3, 0.4) is 0 Å². The maximum absolute atomic E-state index is 11.9. The fourth-order valence-electron chi connectivity index (χ4n) is 1.44. The zero-order valence-corrected chi connectivity index (χ0v) is 12.8. The van der Waals surface area contributed by atoms with Crippen LogP contribution in [0.5, 0.6) is 0 Å². The molecule has 2 aromatic rings. The van der Waals surface area contributed by atoms with Gasteiger partial charge in [0.15, 0.2) is 5.65 Å². The predicted molar refractivity (Wildman–Crippen MR) is 75.3 cm³/mol. The van der Waals surface area contributed by atoms with E-state index < -0.39 is 11.7 Å². The van der Waals surface area contributed by atoms with Gasteiger partial charge in [0.05, 0.1) is 10.7 Å². The molecule has 2 aromatic heterocycles. The molecule has 0 aromatic carbocycles. The molecule has 0 radical (unpaired) electrons. The van der Waals surface area contributed by atoms with E-state index in [1.54, 1.807) is 30.0 Å². The van der Waals surface area contributed by atoms with E-state index >= 15 is 0 Å². The van der Waals surface area contributed by atoms with E-state index in [-0.39, 0.29) is 0 Å². The van der Waals surface area contributed by atoms with Crippen molar-refractivity contribution in [1.82, 2.24) is 14.6 Å². The Hall–Kier alpha value is -1.63. The lowest BCUT2D eigenvalue weighted by Gasteiger charge is -2.24. The van der Waals surface area contributed by atoms with Crippen molar-refractivity contribution in [2.45, 2.75) is 26.4 Å². The summed E-state index contributed by atoms with van der Waals surface area (Å²) in [7, 11) is 1.62. The lowest BCUT2D eigenvalue weighted by Crippen LogP contribution is -2.34. The van der Waals surface area contributed by atoms with Crippen LogP contribution in [0.25, 0.3) is 5.65 Å². The van der Waals surface area contributed by atoms with Crippen LogP contribution in [0.2, 0.25) is 0 Å². The highest BCUT2D eigenvalue weighted by molar-refractivity contribution is 9.10. The molecule has 0 atom stereocenters. The number of nitrogens with zero attached hydrogens (tertiary/aromatic N) is 4. The summed E-state index contributed by atoms with van der Waals surface area (Å²) < 4.78 is 7.68. The first kappa shape index (κ1) is 13.8. The van der Waals surface area contributed by atoms with E-state index in [2.05, 4.69) is 26.0 Å². The average molecular weight is 327 g/mol. The smallest absolute Gasteiger partial charge is 0.415 e. The van der Waals surface area contributed by atoms with E-state index in [9.17, 15) is 4.79 Å². The first-order chi connectivity index (χ1) is 8.78. The summed E-state index contributed by atoms with van der Waals surface area (Å²) in [5.74, 6) is 0.503. The highest BCUT2D eigenvalue weighted by atomic mass is 79.9. The molecular formula is C12H15BrN4O2. The van der Waals surface area contributed by atoms with Crippen LogP contribution in [0.4, 0.5) is 10.6 Å². The van der Waals surface area contributed by atoms with Crippen LogP contribution in [-0.4, -0.2) is 33.3 Å². The minimum atomic E-state index is -0.535. The quantitative estimate of drug-likeness (QED) is 0.808. The number of ether oxygens (including phenoxy) is 1. The average Bonchev–Trinajstić information content (AvgIpc) is 2.67. The van der Waals surface area contributed by atoms with Crippen molar-refractivity contribution in [2.75, 3.05) is 11.9 Å². The second-order valence-corrected chi connectivity index (χ2v) is 5.94. The molecule has 0 N–H and O–H groups in total. The standard InChI is InChI=1S/C12H15BrN4O2/c1-12(2,3)19-11(18)16(4)9-5-6-17-10(15-9)8(13)7-14-17/h5-7H,1-4H3. The molecule has 102 valence electrons. The van der Waals surface area contributed by atoms with Gasteiger partial charge in [0, 0.05) is 13.2 Å². The van der Waals surface area contributed by atoms with Gasteiger partial charge >= 0.3 is 6.09 Å². The lowest BCUT2D eigenvalue weighted by atomic mass is 10.2. The Morgan fingerprint density at radius 3 is 2.79 bits per heavy atom. The number of amides is 1. The first-order valence-corrected chi connectivity index (χ1v) is 6.54. The molecule has 2 rings (SSSR count). The SMILES string of the molecule is CN(C(=O)OC(C)(C)C)c1ccn2ncc(Br)c2n1. The van der Waals surface area contributed by atoms with E-state index in [0.29, 0.717) is 11.5 Å². The number of aromatic nitrogens is 3. The van der Waals surface area contributed by atoms with Crippen molar-refractivity contribution in [1.29, 1.82) is 0 Å². The van der Waals surface area contributed by atoms with E-state index in [1.807, 2.05) is 20.8 Å². The zero-order chi connectivity index (χ0) is 14.2. The van der Waals surface area contributed by atoms with E-state index in [4.69, 9.17) is 4.74 Å². The number of hydrogen-bond donors (Lipinski definition) is 0. The zero-order valence-electron chi connectivity index (χ0n) is 11.2. The van der Waals surface area contributed by atoms with Crippen LogP contribution in [0.1, 0.15) is 20.8 Å². The maximum Gasteiger partial charge on any atom is 0.415 e. The number of anilines is 1. The summed E-state index contributed by atoms with van der Waals surface area (Å²) in [4.78, 5) is 17.7. The second-order valence-electron chi connectivity index (χ2n) is 5.09. The van der Waals surface area contributed by atoms with Crippen LogP contribution in [0.15, 0.2) is 22.9 Å². The molecule has 0 spiro atoms. The number of rotatable bonds is 1. The van der Waals surface area contributed by atoms with Crippen LogP contribution in [0, 0.1) is 0 Å². The van der Waals surface area contributed by atoms with Gasteiger partial charge < -0.3 is 4.74 Å². The van der Waals surface area contributed by atoms with Gasteiger partial charge in [-0.25, -0.2) is 14.3 Å². The fourth-order valence-corrected chi connectivity index (χ4v) is 1.80. The van der Waals surface area contributed by atoms with Crippen molar-refractivity contribution in [3.63, 3.8) is 0 Å². The highest BCUT2D eigenvalue weighted by Crippen LogP contribution is 2.19. The van der Waals surface area contributed by atoms with Gasteiger partial charge in [0.25, 0.3) is 0 Å². The van der Waals surface area contributed by atoms with Crippen molar-refractivity contribution < 1.29 is 9.53 Å². The van der Waals surface area contributed by atoms with Gasteiger partial charge in [-0.2, -0.15) is 5.10 Å². The van der Waals surface area contributed by atoms with Crippen LogP contribution < -0.4 is 4.90 Å². The van der Waals surface area contributed by atoms with Crippen LogP contribution in [-0.2, 0) is 4.74 Å². The molecule has 1 amide bonds. The molecule has 2 heterocycles. The minimum absolute atomic E-state index is 0.444. The fraction of sp³-hybridized carbons (Fsp3) is 0.417. The summed E-state index contributed by atoms with van der Waals surface area (Å²) in [5.41, 5.74) is 0.111. The molecule has 0 aliphatic carbocycles. The molecule has 0 saturated carbocycles. The van der Waals surface area contributed by atoms with Crippen molar-refractivity contribution in [2.24, 2.45) is 0 Å². The largest absolute Gasteiger partial charge is 0.443 e. The molecule has 0 aliphatic heterocycles. The highest BCUT2D eigenvalue weighted by Gasteiger charge is 2.21. The molecule has 0 saturated heterocycles. The molecule has 7 heteroatoms. The molecule has 0 bridgehead atoms. The third-order valence-corrected chi connectivity index (χ3v) is 2.88. The topological polar surface area (TPSA) is 59.7 Å². The summed E-state index contributed by atoms with van der Waals surface area (Å²) in [6, 6.07) is 1.70. The van der Waals surface area contributed by atoms with Gasteiger partial charge in [0.2, 0.25) is 0 Å². The Balaban J connectivity index is 2.28. The number of carbonyl (C=O) groups is 1. The monoisotopic (exact) mass is 326 g/mol. The van der Waals surface area contributed by atoms with Gasteiger partial charge in [-0.1, -0.05) is 0 Å². The van der Waals surface area contributed by atoms with Gasteiger partial charge in [-0.05, 0) is 42.8 Å². The van der Waals surface area contributed by atoms with Crippen molar-refractivity contribution in [3.8, 4) is 0 Å². The van der Waals surface area contributed by atoms with Crippen molar-refractivity contribution >= 4 is 33.5 Å². The molecule has 0 unspecified atom stereocenters. The molecule has 0 aliphatic rings. The van der Waals surface area contributed by atoms with E-state index in [1.165, 1.54) is 4.90 Å². The Labute approximate surface area is 119 Å². The summed E-state index contributed by atoms with van der Waals surface area (Å²) >= 11 is 3.36. The van der Waals surface area contributed by atoms with Crippen LogP contribution >= 0.6 is 15.9 Å². The summed E-state index contributed by atoms with van der Waals surface area (Å²) in [6.07, 6.45) is 2.95. The maximum atomic E-state index is 11.9. The summed E-state index contributed by atoms with van der Waals surface area (Å²) in [5, 5.41) is 4.10.